The Bertz CT molecular complexity index is 480. The van der Waals surface area contributed by atoms with Crippen molar-refractivity contribution < 1.29 is 24.9 Å². The maximum Gasteiger partial charge on any atom is 0.335 e. The van der Waals surface area contributed by atoms with Gasteiger partial charge in [0, 0.05) is 12.0 Å². The maximum absolute atomic E-state index is 11.5. The fourth-order valence-corrected chi connectivity index (χ4v) is 1.96. The Morgan fingerprint density at radius 3 is 2.59 bits per heavy atom. The van der Waals surface area contributed by atoms with Crippen LogP contribution >= 0.6 is 0 Å². The minimum atomic E-state index is -1.88. The Morgan fingerprint density at radius 2 is 1.94 bits per heavy atom. The number of hydrogen-bond acceptors (Lipinski definition) is 4. The number of carbonyl (C=O) groups excluding carboxylic acids is 1. The summed E-state index contributed by atoms with van der Waals surface area (Å²) < 4.78 is 0. The van der Waals surface area contributed by atoms with Crippen LogP contribution in [0.15, 0.2) is 18.2 Å². The highest BCUT2D eigenvalue weighted by atomic mass is 16.4. The van der Waals surface area contributed by atoms with Gasteiger partial charge < -0.3 is 15.3 Å². The number of ketones is 1. The van der Waals surface area contributed by atoms with Crippen LogP contribution < -0.4 is 0 Å². The Balaban J connectivity index is 2.32. The molecule has 0 heterocycles. The van der Waals surface area contributed by atoms with Crippen molar-refractivity contribution in [3.63, 3.8) is 0 Å². The highest BCUT2D eigenvalue weighted by molar-refractivity contribution is 6.00. The van der Waals surface area contributed by atoms with Gasteiger partial charge in [-0.2, -0.15) is 0 Å². The molecule has 0 bridgehead atoms. The van der Waals surface area contributed by atoms with Crippen molar-refractivity contribution >= 4 is 11.8 Å². The van der Waals surface area contributed by atoms with Gasteiger partial charge in [0.05, 0.1) is 0 Å². The standard InChI is InChI=1S/C12H12O5/c13-9-4-3-6-1-2-7(5-8(6)9)10(14)11(15)12(16)17/h1-2,5,10-11,14-15H,3-4H2,(H,16,17). The summed E-state index contributed by atoms with van der Waals surface area (Å²) in [7, 11) is 0. The molecule has 1 aliphatic carbocycles. The molecule has 0 aliphatic heterocycles. The molecule has 0 saturated carbocycles. The lowest BCUT2D eigenvalue weighted by molar-refractivity contribution is -0.153. The summed E-state index contributed by atoms with van der Waals surface area (Å²) in [6.07, 6.45) is -2.29. The normalized spacial score (nSPS) is 17.6. The van der Waals surface area contributed by atoms with Crippen LogP contribution in [0.3, 0.4) is 0 Å². The zero-order chi connectivity index (χ0) is 12.6. The first-order chi connectivity index (χ1) is 8.00. The van der Waals surface area contributed by atoms with Crippen molar-refractivity contribution in [1.82, 2.24) is 0 Å². The minimum absolute atomic E-state index is 0.0149. The molecule has 1 aromatic rings. The smallest absolute Gasteiger partial charge is 0.335 e. The van der Waals surface area contributed by atoms with Gasteiger partial charge >= 0.3 is 5.97 Å². The SMILES string of the molecule is O=C1CCc2ccc(C(O)C(O)C(=O)O)cc21. The van der Waals surface area contributed by atoms with Crippen LogP contribution in [0.4, 0.5) is 0 Å². The molecule has 5 heteroatoms. The Morgan fingerprint density at radius 1 is 1.24 bits per heavy atom. The van der Waals surface area contributed by atoms with E-state index in [0.29, 0.717) is 18.4 Å². The van der Waals surface area contributed by atoms with E-state index in [-0.39, 0.29) is 11.3 Å². The molecule has 2 rings (SSSR count). The molecular formula is C12H12O5. The molecule has 0 aromatic heterocycles. The number of carbonyl (C=O) groups is 2. The molecule has 0 fully saturated rings. The molecule has 2 unspecified atom stereocenters. The van der Waals surface area contributed by atoms with Crippen LogP contribution in [0, 0.1) is 0 Å². The van der Waals surface area contributed by atoms with Gasteiger partial charge in [0.2, 0.25) is 0 Å². The number of aryl methyl sites for hydroxylation is 1. The van der Waals surface area contributed by atoms with Crippen LogP contribution in [-0.2, 0) is 11.2 Å². The van der Waals surface area contributed by atoms with Gasteiger partial charge in [0.25, 0.3) is 0 Å². The molecule has 0 spiro atoms. The first kappa shape index (κ1) is 11.8. The molecule has 0 radical (unpaired) electrons. The van der Waals surface area contributed by atoms with E-state index in [9.17, 15) is 19.8 Å². The van der Waals surface area contributed by atoms with Crippen LogP contribution in [0.1, 0.15) is 34.0 Å². The summed E-state index contributed by atoms with van der Waals surface area (Å²) in [6, 6.07) is 4.68. The number of aliphatic hydroxyl groups excluding tert-OH is 2. The van der Waals surface area contributed by atoms with E-state index in [0.717, 1.165) is 5.56 Å². The van der Waals surface area contributed by atoms with E-state index >= 15 is 0 Å². The molecule has 0 amide bonds. The van der Waals surface area contributed by atoms with Gasteiger partial charge in [-0.25, -0.2) is 4.79 Å². The third kappa shape index (κ3) is 2.07. The number of carboxylic acids is 1. The number of benzene rings is 1. The van der Waals surface area contributed by atoms with E-state index in [1.165, 1.54) is 12.1 Å². The Hall–Kier alpha value is -1.72. The molecule has 5 nitrogen and oxygen atoms in total. The Labute approximate surface area is 97.3 Å². The highest BCUT2D eigenvalue weighted by Crippen LogP contribution is 2.26. The van der Waals surface area contributed by atoms with Crippen molar-refractivity contribution in [2.75, 3.05) is 0 Å². The van der Waals surface area contributed by atoms with Crippen molar-refractivity contribution in [3.8, 4) is 0 Å². The van der Waals surface area contributed by atoms with Crippen molar-refractivity contribution in [2.24, 2.45) is 0 Å². The van der Waals surface area contributed by atoms with E-state index < -0.39 is 18.2 Å². The average molecular weight is 236 g/mol. The van der Waals surface area contributed by atoms with E-state index in [4.69, 9.17) is 5.11 Å². The van der Waals surface area contributed by atoms with E-state index in [1.54, 1.807) is 6.07 Å². The number of hydrogen-bond donors (Lipinski definition) is 3. The summed E-state index contributed by atoms with van der Waals surface area (Å²) in [4.78, 5) is 22.0. The van der Waals surface area contributed by atoms with Crippen molar-refractivity contribution in [2.45, 2.75) is 25.0 Å². The van der Waals surface area contributed by atoms with Crippen molar-refractivity contribution in [1.29, 1.82) is 0 Å². The first-order valence-electron chi connectivity index (χ1n) is 5.25. The summed E-state index contributed by atoms with van der Waals surface area (Å²) in [6.45, 7) is 0. The lowest BCUT2D eigenvalue weighted by Gasteiger charge is -2.15. The summed E-state index contributed by atoms with van der Waals surface area (Å²) in [5.41, 5.74) is 1.66. The number of fused-ring (bicyclic) bond motifs is 1. The van der Waals surface area contributed by atoms with Crippen LogP contribution in [0.2, 0.25) is 0 Å². The monoisotopic (exact) mass is 236 g/mol. The molecule has 17 heavy (non-hydrogen) atoms. The largest absolute Gasteiger partial charge is 0.479 e. The number of aliphatic carboxylic acids is 1. The maximum atomic E-state index is 11.5. The highest BCUT2D eigenvalue weighted by Gasteiger charge is 2.27. The van der Waals surface area contributed by atoms with Crippen LogP contribution in [-0.4, -0.2) is 33.2 Å². The van der Waals surface area contributed by atoms with Gasteiger partial charge in [0.15, 0.2) is 11.9 Å². The molecule has 90 valence electrons. The lowest BCUT2D eigenvalue weighted by atomic mass is 9.99. The summed E-state index contributed by atoms with van der Waals surface area (Å²) >= 11 is 0. The Kier molecular flexibility index (Phi) is 2.95. The lowest BCUT2D eigenvalue weighted by Crippen LogP contribution is -2.27. The number of rotatable bonds is 3. The fourth-order valence-electron chi connectivity index (χ4n) is 1.96. The van der Waals surface area contributed by atoms with E-state index in [1.807, 2.05) is 0 Å². The predicted molar refractivity (Wildman–Crippen MR) is 57.7 cm³/mol. The molecular weight excluding hydrogens is 224 g/mol. The molecule has 1 aliphatic rings. The zero-order valence-corrected chi connectivity index (χ0v) is 8.96. The van der Waals surface area contributed by atoms with Crippen molar-refractivity contribution in [3.05, 3.63) is 34.9 Å². The fraction of sp³-hybridized carbons (Fsp3) is 0.333. The molecule has 1 aromatic carbocycles. The molecule has 0 saturated heterocycles. The molecule has 2 atom stereocenters. The summed E-state index contributed by atoms with van der Waals surface area (Å²) in [5, 5.41) is 27.4. The summed E-state index contributed by atoms with van der Waals surface area (Å²) in [5.74, 6) is -1.51. The predicted octanol–water partition coefficient (Wildman–Crippen LogP) is 0.294. The van der Waals surface area contributed by atoms with Crippen LogP contribution in [0.5, 0.6) is 0 Å². The second kappa shape index (κ2) is 4.27. The third-order valence-electron chi connectivity index (χ3n) is 2.95. The second-order valence-electron chi connectivity index (χ2n) is 4.07. The zero-order valence-electron chi connectivity index (χ0n) is 8.96. The minimum Gasteiger partial charge on any atom is -0.479 e. The van der Waals surface area contributed by atoms with Gasteiger partial charge in [-0.3, -0.25) is 4.79 Å². The van der Waals surface area contributed by atoms with E-state index in [2.05, 4.69) is 0 Å². The van der Waals surface area contributed by atoms with Gasteiger partial charge in [-0.05, 0) is 23.6 Å². The number of aliphatic hydroxyl groups is 2. The second-order valence-corrected chi connectivity index (χ2v) is 4.07. The van der Waals surface area contributed by atoms with Crippen LogP contribution in [0.25, 0.3) is 0 Å². The number of Topliss-reactive ketones (excluding diaryl/α,β-unsaturated/α-hetero) is 1. The first-order valence-corrected chi connectivity index (χ1v) is 5.25. The van der Waals surface area contributed by atoms with Gasteiger partial charge in [-0.1, -0.05) is 12.1 Å². The topological polar surface area (TPSA) is 94.8 Å². The average Bonchev–Trinajstić information content (AvgIpc) is 2.68. The molecule has 3 N–H and O–H groups in total. The van der Waals surface area contributed by atoms with Gasteiger partial charge in [0.1, 0.15) is 6.10 Å². The third-order valence-corrected chi connectivity index (χ3v) is 2.95. The number of carboxylic acid groups (broad SMARTS) is 1. The quantitative estimate of drug-likeness (QED) is 0.701. The van der Waals surface area contributed by atoms with Gasteiger partial charge in [-0.15, -0.1) is 0 Å².